The van der Waals surface area contributed by atoms with E-state index in [0.717, 1.165) is 0 Å². The fourth-order valence-corrected chi connectivity index (χ4v) is 2.33. The molecule has 0 radical (unpaired) electrons. The van der Waals surface area contributed by atoms with Crippen molar-refractivity contribution in [3.05, 3.63) is 46.0 Å². The van der Waals surface area contributed by atoms with Gasteiger partial charge < -0.3 is 0 Å². The zero-order valence-electron chi connectivity index (χ0n) is 9.81. The van der Waals surface area contributed by atoms with Crippen molar-refractivity contribution in [1.29, 1.82) is 0 Å². The summed E-state index contributed by atoms with van der Waals surface area (Å²) in [6, 6.07) is 0.499. The predicted octanol–water partition coefficient (Wildman–Crippen LogP) is 1.73. The number of nitrogens with zero attached hydrogens (tertiary/aromatic N) is 1. The number of nitro groups is 1. The van der Waals surface area contributed by atoms with Crippen LogP contribution < -0.4 is 4.72 Å². The van der Waals surface area contributed by atoms with Crippen LogP contribution in [0.1, 0.15) is 6.92 Å². The van der Waals surface area contributed by atoms with E-state index in [9.17, 15) is 27.3 Å². The van der Waals surface area contributed by atoms with Crippen LogP contribution in [0.4, 0.5) is 14.5 Å². The van der Waals surface area contributed by atoms with Crippen LogP contribution in [0.3, 0.4) is 0 Å². The molecule has 9 heteroatoms. The van der Waals surface area contributed by atoms with Crippen molar-refractivity contribution < 1.29 is 22.1 Å². The van der Waals surface area contributed by atoms with Gasteiger partial charge in [-0.2, -0.15) is 4.39 Å². The van der Waals surface area contributed by atoms with Gasteiger partial charge in [0.15, 0.2) is 0 Å². The smallest absolute Gasteiger partial charge is 0.258 e. The first-order chi connectivity index (χ1) is 8.65. The Morgan fingerprint density at radius 1 is 1.42 bits per heavy atom. The first-order valence-corrected chi connectivity index (χ1v) is 6.41. The largest absolute Gasteiger partial charge is 0.306 e. The third-order valence-electron chi connectivity index (χ3n) is 2.05. The van der Waals surface area contributed by atoms with Gasteiger partial charge in [-0.25, -0.2) is 17.5 Å². The van der Waals surface area contributed by atoms with Crippen LogP contribution in [0.25, 0.3) is 0 Å². The number of hydrogen-bond acceptors (Lipinski definition) is 4. The van der Waals surface area contributed by atoms with Gasteiger partial charge in [0.2, 0.25) is 15.8 Å². The number of nitro benzene ring substituents is 1. The molecule has 19 heavy (non-hydrogen) atoms. The molecule has 0 saturated carbocycles. The average Bonchev–Trinajstić information content (AvgIpc) is 2.25. The minimum absolute atomic E-state index is 0.160. The molecule has 0 aromatic heterocycles. The van der Waals surface area contributed by atoms with Crippen LogP contribution >= 0.6 is 0 Å². The van der Waals surface area contributed by atoms with Gasteiger partial charge in [0, 0.05) is 18.7 Å². The molecule has 0 saturated heterocycles. The van der Waals surface area contributed by atoms with Gasteiger partial charge in [-0.1, -0.05) is 12.2 Å². The van der Waals surface area contributed by atoms with Gasteiger partial charge in [0.25, 0.3) is 0 Å². The Bertz CT molecular complexity index is 643. The first kappa shape index (κ1) is 15.2. The Hall–Kier alpha value is -1.87. The number of rotatable bonds is 5. The van der Waals surface area contributed by atoms with Gasteiger partial charge in [0.05, 0.1) is 4.92 Å². The normalized spacial score (nSPS) is 11.3. The van der Waals surface area contributed by atoms with Crippen molar-refractivity contribution in [2.24, 2.45) is 0 Å². The lowest BCUT2D eigenvalue weighted by Gasteiger charge is -2.07. The van der Waals surface area contributed by atoms with Crippen LogP contribution in [0.2, 0.25) is 0 Å². The molecule has 6 nitrogen and oxygen atoms in total. The summed E-state index contributed by atoms with van der Waals surface area (Å²) in [7, 11) is -4.32. The van der Waals surface area contributed by atoms with Crippen LogP contribution in [-0.2, 0) is 10.0 Å². The quantitative estimate of drug-likeness (QED) is 0.508. The van der Waals surface area contributed by atoms with Crippen LogP contribution in [-0.4, -0.2) is 19.9 Å². The molecule has 0 aliphatic rings. The predicted molar refractivity (Wildman–Crippen MR) is 63.0 cm³/mol. The van der Waals surface area contributed by atoms with E-state index in [1.165, 1.54) is 6.92 Å². The number of benzene rings is 1. The Kier molecular flexibility index (Phi) is 4.32. The second kappa shape index (κ2) is 5.41. The first-order valence-electron chi connectivity index (χ1n) is 4.92. The number of sulfonamides is 1. The van der Waals surface area contributed by atoms with E-state index in [2.05, 4.69) is 6.58 Å². The average molecular weight is 292 g/mol. The molecule has 104 valence electrons. The fourth-order valence-electron chi connectivity index (χ4n) is 1.16. The second-order valence-electron chi connectivity index (χ2n) is 3.77. The van der Waals surface area contributed by atoms with Crippen molar-refractivity contribution in [3.8, 4) is 0 Å². The van der Waals surface area contributed by atoms with E-state index in [4.69, 9.17) is 0 Å². The highest BCUT2D eigenvalue weighted by Crippen LogP contribution is 2.24. The third-order valence-corrected chi connectivity index (χ3v) is 3.47. The monoisotopic (exact) mass is 292 g/mol. The molecule has 1 aromatic rings. The minimum Gasteiger partial charge on any atom is -0.258 e. The van der Waals surface area contributed by atoms with Crippen molar-refractivity contribution in [3.63, 3.8) is 0 Å². The molecular weight excluding hydrogens is 282 g/mol. The molecule has 1 N–H and O–H groups in total. The lowest BCUT2D eigenvalue weighted by molar-refractivity contribution is -0.387. The number of nitrogens with one attached hydrogen (secondary N) is 1. The molecule has 0 amide bonds. The summed E-state index contributed by atoms with van der Waals surface area (Å²) < 4.78 is 51.9. The van der Waals surface area contributed by atoms with Gasteiger partial charge in [0.1, 0.15) is 10.7 Å². The minimum atomic E-state index is -4.32. The van der Waals surface area contributed by atoms with Gasteiger partial charge >= 0.3 is 5.69 Å². The van der Waals surface area contributed by atoms with Gasteiger partial charge in [-0.15, -0.1) is 0 Å². The molecule has 1 rings (SSSR count). The topological polar surface area (TPSA) is 89.3 Å². The highest BCUT2D eigenvalue weighted by atomic mass is 32.2. The van der Waals surface area contributed by atoms with Crippen molar-refractivity contribution in [1.82, 2.24) is 4.72 Å². The molecular formula is C10H10F2N2O4S. The van der Waals surface area contributed by atoms with E-state index in [0.29, 0.717) is 11.6 Å². The highest BCUT2D eigenvalue weighted by molar-refractivity contribution is 7.89. The van der Waals surface area contributed by atoms with Crippen LogP contribution in [0, 0.1) is 21.7 Å². The maximum absolute atomic E-state index is 13.4. The summed E-state index contributed by atoms with van der Waals surface area (Å²) in [5.41, 5.74) is -0.655. The summed E-state index contributed by atoms with van der Waals surface area (Å²) >= 11 is 0. The SMILES string of the molecule is C=C(C)CNS(=O)(=O)c1cc([N+](=O)[O-])c(F)cc1F. The molecule has 0 bridgehead atoms. The van der Waals surface area contributed by atoms with Gasteiger partial charge in [-0.05, 0) is 6.92 Å². The van der Waals surface area contributed by atoms with E-state index >= 15 is 0 Å². The molecule has 0 aliphatic carbocycles. The molecule has 0 atom stereocenters. The molecule has 0 spiro atoms. The summed E-state index contributed by atoms with van der Waals surface area (Å²) in [6.45, 7) is 4.82. The van der Waals surface area contributed by atoms with E-state index in [1.54, 1.807) is 0 Å². The standard InChI is InChI=1S/C10H10F2N2O4S/c1-6(2)5-13-19(17,18)10-4-9(14(15)16)7(11)3-8(10)12/h3-4,13H,1,5H2,2H3. The summed E-state index contributed by atoms with van der Waals surface area (Å²) in [6.07, 6.45) is 0. The molecule has 0 fully saturated rings. The molecule has 0 aliphatic heterocycles. The van der Waals surface area contributed by atoms with E-state index < -0.39 is 37.2 Å². The zero-order valence-corrected chi connectivity index (χ0v) is 10.6. The lowest BCUT2D eigenvalue weighted by Crippen LogP contribution is -2.26. The number of hydrogen-bond donors (Lipinski definition) is 1. The van der Waals surface area contributed by atoms with Crippen molar-refractivity contribution >= 4 is 15.7 Å². The van der Waals surface area contributed by atoms with Crippen molar-refractivity contribution in [2.75, 3.05) is 6.54 Å². The molecule has 0 unspecified atom stereocenters. The second-order valence-corrected chi connectivity index (χ2v) is 5.51. The van der Waals surface area contributed by atoms with Crippen LogP contribution in [0.5, 0.6) is 0 Å². The summed E-state index contributed by atoms with van der Waals surface area (Å²) in [4.78, 5) is 8.38. The summed E-state index contributed by atoms with van der Waals surface area (Å²) in [5, 5.41) is 10.5. The Balaban J connectivity index is 3.30. The number of halogens is 2. The zero-order chi connectivity index (χ0) is 14.8. The summed E-state index contributed by atoms with van der Waals surface area (Å²) in [5.74, 6) is -2.85. The van der Waals surface area contributed by atoms with E-state index in [1.807, 2.05) is 4.72 Å². The molecule has 0 heterocycles. The fraction of sp³-hybridized carbons (Fsp3) is 0.200. The maximum Gasteiger partial charge on any atom is 0.306 e. The Labute approximate surface area is 107 Å². The Morgan fingerprint density at radius 3 is 2.47 bits per heavy atom. The Morgan fingerprint density at radius 2 is 2.00 bits per heavy atom. The third kappa shape index (κ3) is 3.55. The van der Waals surface area contributed by atoms with Crippen molar-refractivity contribution in [2.45, 2.75) is 11.8 Å². The maximum atomic E-state index is 13.4. The van der Waals surface area contributed by atoms with Crippen LogP contribution in [0.15, 0.2) is 29.2 Å². The molecule has 1 aromatic carbocycles. The van der Waals surface area contributed by atoms with Gasteiger partial charge in [-0.3, -0.25) is 10.1 Å². The highest BCUT2D eigenvalue weighted by Gasteiger charge is 2.26. The lowest BCUT2D eigenvalue weighted by atomic mass is 10.3. The van der Waals surface area contributed by atoms with E-state index in [-0.39, 0.29) is 12.6 Å².